The summed E-state index contributed by atoms with van der Waals surface area (Å²) in [6.45, 7) is 5.09. The lowest BCUT2D eigenvalue weighted by molar-refractivity contribution is -0.158. The fourth-order valence-corrected chi connectivity index (χ4v) is 8.88. The van der Waals surface area contributed by atoms with Crippen LogP contribution in [0.4, 0.5) is 0 Å². The van der Waals surface area contributed by atoms with Crippen LogP contribution in [0.15, 0.2) is 23.1 Å². The van der Waals surface area contributed by atoms with Crippen LogP contribution in [0.1, 0.15) is 57.9 Å². The molecule has 0 saturated heterocycles. The third-order valence-electron chi connectivity index (χ3n) is 7.98. The second kappa shape index (κ2) is 8.79. The van der Waals surface area contributed by atoms with Gasteiger partial charge >= 0.3 is 0 Å². The zero-order valence-electron chi connectivity index (χ0n) is 20.7. The van der Waals surface area contributed by atoms with Gasteiger partial charge in [0.05, 0.1) is 10.3 Å². The smallest absolute Gasteiger partial charge is 0.241 e. The van der Waals surface area contributed by atoms with E-state index in [2.05, 4.69) is 10.0 Å². The molecule has 0 heterocycles. The Hall–Kier alpha value is -1.64. The van der Waals surface area contributed by atoms with Crippen LogP contribution in [-0.4, -0.2) is 50.8 Å². The van der Waals surface area contributed by atoms with Crippen LogP contribution in [-0.2, 0) is 19.6 Å². The summed E-state index contributed by atoms with van der Waals surface area (Å²) in [5.74, 6) is 1.21. The van der Waals surface area contributed by atoms with Gasteiger partial charge in [0.1, 0.15) is 0 Å². The molecule has 2 N–H and O–H groups in total. The third kappa shape index (κ3) is 4.73. The number of sulfonamides is 1. The summed E-state index contributed by atoms with van der Waals surface area (Å²) in [6.07, 6.45) is 4.74. The Balaban J connectivity index is 1.42. The highest BCUT2D eigenvalue weighted by Crippen LogP contribution is 2.60. The zero-order valence-corrected chi connectivity index (χ0v) is 22.2. The van der Waals surface area contributed by atoms with Gasteiger partial charge in [-0.2, -0.15) is 0 Å². The van der Waals surface area contributed by atoms with E-state index < -0.39 is 15.6 Å². The van der Waals surface area contributed by atoms with Crippen molar-refractivity contribution in [2.75, 3.05) is 14.1 Å². The summed E-state index contributed by atoms with van der Waals surface area (Å²) < 4.78 is 28.7. The van der Waals surface area contributed by atoms with Crippen molar-refractivity contribution in [3.63, 3.8) is 0 Å². The number of carbonyl (C=O) groups excluding carboxylic acids is 2. The van der Waals surface area contributed by atoms with Crippen molar-refractivity contribution in [2.45, 2.75) is 75.8 Å². The highest BCUT2D eigenvalue weighted by molar-refractivity contribution is 7.89. The van der Waals surface area contributed by atoms with Crippen LogP contribution in [0.2, 0.25) is 5.02 Å². The Bertz CT molecular complexity index is 1090. The van der Waals surface area contributed by atoms with Gasteiger partial charge in [-0.1, -0.05) is 17.7 Å². The molecule has 2 amide bonds. The van der Waals surface area contributed by atoms with Gasteiger partial charge in [-0.25, -0.2) is 13.1 Å². The number of carbonyl (C=O) groups is 2. The Kier molecular flexibility index (Phi) is 6.58. The molecule has 2 atom stereocenters. The second-order valence-corrected chi connectivity index (χ2v) is 13.6. The molecule has 2 unspecified atom stereocenters. The number of nitrogens with zero attached hydrogens (tertiary/aromatic N) is 1. The molecule has 34 heavy (non-hydrogen) atoms. The second-order valence-electron chi connectivity index (χ2n) is 11.6. The molecular weight excluding hydrogens is 474 g/mol. The molecule has 0 aromatic heterocycles. The number of rotatable bonds is 7. The van der Waals surface area contributed by atoms with Crippen molar-refractivity contribution in [1.82, 2.24) is 14.9 Å². The van der Waals surface area contributed by atoms with Gasteiger partial charge in [-0.15, -0.1) is 0 Å². The quantitative estimate of drug-likeness (QED) is 0.588. The number of amides is 2. The monoisotopic (exact) mass is 509 g/mol. The number of nitrogens with one attached hydrogen (secondary N) is 2. The van der Waals surface area contributed by atoms with Crippen LogP contribution in [0.3, 0.4) is 0 Å². The largest absolute Gasteiger partial charge is 0.353 e. The maximum absolute atomic E-state index is 13.1. The SMILES string of the molecule is Cc1c(Cl)cccc1S(=O)(=O)NC(C)(C)CC(=O)NC1C2CC3CC1CC(C(=O)N(C)C)(C3)C2. The fraction of sp³-hybridized carbons (Fsp3) is 0.680. The van der Waals surface area contributed by atoms with E-state index in [1.54, 1.807) is 37.8 Å². The van der Waals surface area contributed by atoms with Crippen molar-refractivity contribution >= 4 is 33.4 Å². The van der Waals surface area contributed by atoms with Crippen molar-refractivity contribution in [1.29, 1.82) is 0 Å². The number of hydrogen-bond donors (Lipinski definition) is 2. The molecule has 4 saturated carbocycles. The highest BCUT2D eigenvalue weighted by atomic mass is 35.5. The molecule has 9 heteroatoms. The first kappa shape index (κ1) is 25.5. The van der Waals surface area contributed by atoms with E-state index in [0.29, 0.717) is 28.3 Å². The fourth-order valence-electron chi connectivity index (χ4n) is 6.97. The predicted octanol–water partition coefficient (Wildman–Crippen LogP) is 3.49. The van der Waals surface area contributed by atoms with Gasteiger partial charge in [0.15, 0.2) is 0 Å². The summed E-state index contributed by atoms with van der Waals surface area (Å²) >= 11 is 6.11. The molecule has 4 aliphatic rings. The Morgan fingerprint density at radius 3 is 2.35 bits per heavy atom. The van der Waals surface area contributed by atoms with Crippen molar-refractivity contribution < 1.29 is 18.0 Å². The minimum absolute atomic E-state index is 0.0208. The lowest BCUT2D eigenvalue weighted by Crippen LogP contribution is -2.62. The summed E-state index contributed by atoms with van der Waals surface area (Å²) in [5, 5.41) is 3.61. The van der Waals surface area contributed by atoms with Crippen molar-refractivity contribution in [3.05, 3.63) is 28.8 Å². The van der Waals surface area contributed by atoms with Gasteiger partial charge in [-0.3, -0.25) is 9.59 Å². The maximum Gasteiger partial charge on any atom is 0.241 e. The van der Waals surface area contributed by atoms with Crippen LogP contribution in [0, 0.1) is 30.1 Å². The Labute approximate surface area is 208 Å². The van der Waals surface area contributed by atoms with Gasteiger partial charge in [-0.05, 0) is 88.3 Å². The summed E-state index contributed by atoms with van der Waals surface area (Å²) in [7, 11) is -0.194. The van der Waals surface area contributed by atoms with Gasteiger partial charge in [0.2, 0.25) is 21.8 Å². The van der Waals surface area contributed by atoms with Gasteiger partial charge in [0, 0.05) is 37.1 Å². The van der Waals surface area contributed by atoms with Crippen LogP contribution < -0.4 is 10.0 Å². The molecular formula is C25H36ClN3O4S. The summed E-state index contributed by atoms with van der Waals surface area (Å²) in [5.41, 5.74) is -0.775. The average Bonchev–Trinajstić information content (AvgIpc) is 2.70. The van der Waals surface area contributed by atoms with Crippen molar-refractivity contribution in [2.24, 2.45) is 23.2 Å². The Morgan fingerprint density at radius 1 is 1.15 bits per heavy atom. The molecule has 5 rings (SSSR count). The van der Waals surface area contributed by atoms with E-state index in [0.717, 1.165) is 32.1 Å². The summed E-state index contributed by atoms with van der Waals surface area (Å²) in [4.78, 5) is 27.9. The first-order valence-electron chi connectivity index (χ1n) is 12.0. The lowest BCUT2D eigenvalue weighted by atomic mass is 9.47. The molecule has 0 aliphatic heterocycles. The predicted molar refractivity (Wildman–Crippen MR) is 132 cm³/mol. The average molecular weight is 510 g/mol. The normalized spacial score (nSPS) is 30.3. The minimum Gasteiger partial charge on any atom is -0.353 e. The van der Waals surface area contributed by atoms with Gasteiger partial charge < -0.3 is 10.2 Å². The minimum atomic E-state index is -3.85. The van der Waals surface area contributed by atoms with E-state index in [1.807, 2.05) is 14.1 Å². The van der Waals surface area contributed by atoms with Crippen LogP contribution in [0.5, 0.6) is 0 Å². The maximum atomic E-state index is 13.1. The van der Waals surface area contributed by atoms with Crippen LogP contribution >= 0.6 is 11.6 Å². The topological polar surface area (TPSA) is 95.6 Å². The third-order valence-corrected chi connectivity index (χ3v) is 10.2. The molecule has 0 spiro atoms. The van der Waals surface area contributed by atoms with E-state index >= 15 is 0 Å². The van der Waals surface area contributed by atoms with E-state index in [9.17, 15) is 18.0 Å². The highest BCUT2D eigenvalue weighted by Gasteiger charge is 2.59. The zero-order chi connectivity index (χ0) is 25.1. The van der Waals surface area contributed by atoms with E-state index in [1.165, 1.54) is 6.07 Å². The first-order chi connectivity index (χ1) is 15.7. The number of halogens is 1. The van der Waals surface area contributed by atoms with Crippen LogP contribution in [0.25, 0.3) is 0 Å². The molecule has 7 nitrogen and oxygen atoms in total. The number of benzene rings is 1. The van der Waals surface area contributed by atoms with Gasteiger partial charge in [0.25, 0.3) is 0 Å². The first-order valence-corrected chi connectivity index (χ1v) is 13.9. The standard InChI is InChI=1S/C25H36ClN3O4S/c1-15-19(26)7-6-8-20(15)34(32,33)28-24(2,3)14-21(30)27-22-17-9-16-10-18(22)13-25(11-16,12-17)23(31)29(4)5/h6-8,16-18,22,28H,9-14H2,1-5H3,(H,27,30). The lowest BCUT2D eigenvalue weighted by Gasteiger charge is -2.59. The van der Waals surface area contributed by atoms with E-state index in [4.69, 9.17) is 11.6 Å². The molecule has 188 valence electrons. The number of hydrogen-bond acceptors (Lipinski definition) is 4. The molecule has 1 aromatic carbocycles. The molecule has 4 aliphatic carbocycles. The molecule has 0 radical (unpaired) electrons. The van der Waals surface area contributed by atoms with E-state index in [-0.39, 0.29) is 34.6 Å². The summed E-state index contributed by atoms with van der Waals surface area (Å²) in [6, 6.07) is 4.81. The van der Waals surface area contributed by atoms with Crippen molar-refractivity contribution in [3.8, 4) is 0 Å². The Morgan fingerprint density at radius 2 is 1.76 bits per heavy atom. The molecule has 4 bridgehead atoms. The molecule has 4 fully saturated rings. The molecule has 1 aromatic rings.